The number of carbonyl (C=O) groups is 1. The monoisotopic (exact) mass is 314 g/mol. The average Bonchev–Trinajstić information content (AvgIpc) is 2.38. The largest absolute Gasteiger partial charge is 0.324 e. The number of nitrogens with one attached hydrogen (secondary N) is 1. The molecule has 1 aromatic carbocycles. The summed E-state index contributed by atoms with van der Waals surface area (Å²) in [6.45, 7) is -0.200. The van der Waals surface area contributed by atoms with Crippen molar-refractivity contribution in [3.8, 4) is 0 Å². The molecule has 1 N–H and O–H groups in total. The number of pyridine rings is 1. The zero-order valence-electron chi connectivity index (χ0n) is 10.1. The van der Waals surface area contributed by atoms with Gasteiger partial charge in [0.15, 0.2) is 0 Å². The van der Waals surface area contributed by atoms with Gasteiger partial charge in [-0.1, -0.05) is 23.2 Å². The number of carbonyl (C=O) groups excluding carboxylic acids is 1. The Labute approximate surface area is 123 Å². The number of nitrogens with zero attached hydrogens (tertiary/aromatic N) is 1. The summed E-state index contributed by atoms with van der Waals surface area (Å²) in [6, 6.07) is 6.52. The standard InChI is InChI=1S/C13H9Cl2FN2O2/c14-8-1-4-13(20)18(6-8)7-12(19)17-9-2-3-11(16)10(15)5-9/h1-6H,7H2,(H,17,19). The number of amides is 1. The molecule has 0 spiro atoms. The van der Waals surface area contributed by atoms with Crippen LogP contribution in [0.3, 0.4) is 0 Å². The van der Waals surface area contributed by atoms with Gasteiger partial charge in [0, 0.05) is 18.0 Å². The summed E-state index contributed by atoms with van der Waals surface area (Å²) in [4.78, 5) is 23.3. The molecule has 1 aromatic heterocycles. The summed E-state index contributed by atoms with van der Waals surface area (Å²) in [5.41, 5.74) is -0.00170. The van der Waals surface area contributed by atoms with E-state index in [0.717, 1.165) is 6.07 Å². The van der Waals surface area contributed by atoms with Crippen molar-refractivity contribution < 1.29 is 9.18 Å². The molecular formula is C13H9Cl2FN2O2. The normalized spacial score (nSPS) is 10.3. The maximum Gasteiger partial charge on any atom is 0.251 e. The maximum atomic E-state index is 13.0. The predicted molar refractivity (Wildman–Crippen MR) is 75.8 cm³/mol. The molecule has 7 heteroatoms. The van der Waals surface area contributed by atoms with Crippen LogP contribution in [0.15, 0.2) is 41.3 Å². The molecule has 1 heterocycles. The maximum absolute atomic E-state index is 13.0. The number of aromatic nitrogens is 1. The quantitative estimate of drug-likeness (QED) is 0.947. The third kappa shape index (κ3) is 3.59. The fourth-order valence-corrected chi connectivity index (χ4v) is 1.92. The first-order chi connectivity index (χ1) is 9.45. The number of halogens is 3. The number of hydrogen-bond acceptors (Lipinski definition) is 2. The third-order valence-corrected chi connectivity index (χ3v) is 2.98. The van der Waals surface area contributed by atoms with Gasteiger partial charge < -0.3 is 9.88 Å². The first-order valence-corrected chi connectivity index (χ1v) is 6.32. The fourth-order valence-electron chi connectivity index (χ4n) is 1.55. The van der Waals surface area contributed by atoms with Crippen LogP contribution in [0.1, 0.15) is 0 Å². The van der Waals surface area contributed by atoms with Gasteiger partial charge in [0.2, 0.25) is 5.91 Å². The lowest BCUT2D eigenvalue weighted by atomic mass is 10.3. The lowest BCUT2D eigenvalue weighted by Gasteiger charge is -2.08. The summed E-state index contributed by atoms with van der Waals surface area (Å²) in [5, 5.41) is 2.77. The molecular weight excluding hydrogens is 306 g/mol. The minimum absolute atomic E-state index is 0.0947. The van der Waals surface area contributed by atoms with Crippen LogP contribution in [0.4, 0.5) is 10.1 Å². The molecule has 0 bridgehead atoms. The Balaban J connectivity index is 2.11. The van der Waals surface area contributed by atoms with Crippen molar-refractivity contribution in [2.24, 2.45) is 0 Å². The van der Waals surface area contributed by atoms with Crippen molar-refractivity contribution in [3.05, 3.63) is 62.7 Å². The smallest absolute Gasteiger partial charge is 0.251 e. The zero-order valence-corrected chi connectivity index (χ0v) is 11.6. The topological polar surface area (TPSA) is 51.1 Å². The van der Waals surface area contributed by atoms with Crippen molar-refractivity contribution >= 4 is 34.8 Å². The van der Waals surface area contributed by atoms with Crippen LogP contribution in [0.2, 0.25) is 10.0 Å². The van der Waals surface area contributed by atoms with Gasteiger partial charge in [0.1, 0.15) is 12.4 Å². The Hall–Kier alpha value is -1.85. The first-order valence-electron chi connectivity index (χ1n) is 5.56. The summed E-state index contributed by atoms with van der Waals surface area (Å²) < 4.78 is 14.1. The second-order valence-corrected chi connectivity index (χ2v) is 4.83. The van der Waals surface area contributed by atoms with Crippen LogP contribution in [0.25, 0.3) is 0 Å². The lowest BCUT2D eigenvalue weighted by Crippen LogP contribution is -2.26. The van der Waals surface area contributed by atoms with Crippen molar-refractivity contribution in [1.29, 1.82) is 0 Å². The highest BCUT2D eigenvalue weighted by molar-refractivity contribution is 6.31. The summed E-state index contributed by atoms with van der Waals surface area (Å²) in [5.74, 6) is -1.02. The van der Waals surface area contributed by atoms with E-state index in [1.54, 1.807) is 0 Å². The highest BCUT2D eigenvalue weighted by atomic mass is 35.5. The van der Waals surface area contributed by atoms with E-state index < -0.39 is 11.7 Å². The highest BCUT2D eigenvalue weighted by Crippen LogP contribution is 2.19. The van der Waals surface area contributed by atoms with E-state index in [4.69, 9.17) is 23.2 Å². The van der Waals surface area contributed by atoms with Crippen LogP contribution in [0.5, 0.6) is 0 Å². The fraction of sp³-hybridized carbons (Fsp3) is 0.0769. The second kappa shape index (κ2) is 6.07. The molecule has 0 aliphatic heterocycles. The predicted octanol–water partition coefficient (Wildman–Crippen LogP) is 2.93. The van der Waals surface area contributed by atoms with Gasteiger partial charge in [-0.05, 0) is 24.3 Å². The van der Waals surface area contributed by atoms with E-state index in [-0.39, 0.29) is 17.1 Å². The van der Waals surface area contributed by atoms with Gasteiger partial charge in [-0.3, -0.25) is 9.59 Å². The zero-order chi connectivity index (χ0) is 14.7. The number of anilines is 1. The number of rotatable bonds is 3. The van der Waals surface area contributed by atoms with E-state index in [9.17, 15) is 14.0 Å². The molecule has 1 amide bonds. The molecule has 0 fully saturated rings. The van der Waals surface area contributed by atoms with E-state index in [2.05, 4.69) is 5.32 Å². The van der Waals surface area contributed by atoms with Crippen molar-refractivity contribution in [1.82, 2.24) is 4.57 Å². The molecule has 2 rings (SSSR count). The molecule has 0 unspecified atom stereocenters. The van der Waals surface area contributed by atoms with E-state index in [0.29, 0.717) is 10.7 Å². The molecule has 20 heavy (non-hydrogen) atoms. The van der Waals surface area contributed by atoms with Crippen LogP contribution >= 0.6 is 23.2 Å². The number of hydrogen-bond donors (Lipinski definition) is 1. The molecule has 0 aliphatic rings. The van der Waals surface area contributed by atoms with Crippen molar-refractivity contribution in [2.75, 3.05) is 5.32 Å². The van der Waals surface area contributed by atoms with Crippen LogP contribution in [-0.2, 0) is 11.3 Å². The van der Waals surface area contributed by atoms with Gasteiger partial charge in [-0.15, -0.1) is 0 Å². The van der Waals surface area contributed by atoms with Gasteiger partial charge in [-0.25, -0.2) is 4.39 Å². The number of benzene rings is 1. The van der Waals surface area contributed by atoms with E-state index in [1.807, 2.05) is 0 Å². The van der Waals surface area contributed by atoms with Crippen molar-refractivity contribution in [3.63, 3.8) is 0 Å². The Morgan fingerprint density at radius 3 is 2.70 bits per heavy atom. The Morgan fingerprint density at radius 1 is 1.25 bits per heavy atom. The Kier molecular flexibility index (Phi) is 4.42. The van der Waals surface area contributed by atoms with Crippen LogP contribution < -0.4 is 10.9 Å². The minimum Gasteiger partial charge on any atom is -0.324 e. The average molecular weight is 315 g/mol. The molecule has 104 valence electrons. The van der Waals surface area contributed by atoms with E-state index in [1.165, 1.54) is 35.0 Å². The van der Waals surface area contributed by atoms with Gasteiger partial charge in [0.25, 0.3) is 5.56 Å². The molecule has 0 radical (unpaired) electrons. The van der Waals surface area contributed by atoms with Gasteiger partial charge >= 0.3 is 0 Å². The summed E-state index contributed by atoms with van der Waals surface area (Å²) >= 11 is 11.4. The summed E-state index contributed by atoms with van der Waals surface area (Å²) in [6.07, 6.45) is 1.36. The van der Waals surface area contributed by atoms with Crippen LogP contribution in [0, 0.1) is 5.82 Å². The molecule has 0 aliphatic carbocycles. The Bertz CT molecular complexity index is 716. The second-order valence-electron chi connectivity index (χ2n) is 3.99. The SMILES string of the molecule is O=C(Cn1cc(Cl)ccc1=O)Nc1ccc(F)c(Cl)c1. The molecule has 0 saturated heterocycles. The molecule has 2 aromatic rings. The molecule has 0 atom stereocenters. The lowest BCUT2D eigenvalue weighted by molar-refractivity contribution is -0.116. The summed E-state index contributed by atoms with van der Waals surface area (Å²) in [7, 11) is 0. The minimum atomic E-state index is -0.573. The first kappa shape index (κ1) is 14.6. The van der Waals surface area contributed by atoms with E-state index >= 15 is 0 Å². The van der Waals surface area contributed by atoms with Gasteiger partial charge in [0.05, 0.1) is 10.0 Å². The third-order valence-electron chi connectivity index (χ3n) is 2.46. The van der Waals surface area contributed by atoms with Gasteiger partial charge in [-0.2, -0.15) is 0 Å². The molecule has 4 nitrogen and oxygen atoms in total. The Morgan fingerprint density at radius 2 is 2.00 bits per heavy atom. The van der Waals surface area contributed by atoms with Crippen molar-refractivity contribution in [2.45, 2.75) is 6.54 Å². The highest BCUT2D eigenvalue weighted by Gasteiger charge is 2.07. The molecule has 0 saturated carbocycles. The van der Waals surface area contributed by atoms with Crippen LogP contribution in [-0.4, -0.2) is 10.5 Å².